The Hall–Kier alpha value is -0.803. The quantitative estimate of drug-likeness (QED) is 0.535. The van der Waals surface area contributed by atoms with Crippen LogP contribution in [0.15, 0.2) is 30.3 Å². The van der Waals surface area contributed by atoms with Crippen molar-refractivity contribution < 1.29 is 10.2 Å². The van der Waals surface area contributed by atoms with E-state index < -0.39 is 0 Å². The molecule has 0 spiro atoms. The Morgan fingerprint density at radius 1 is 1.20 bits per heavy atom. The van der Waals surface area contributed by atoms with Gasteiger partial charge in [-0.1, -0.05) is 18.2 Å². The summed E-state index contributed by atoms with van der Waals surface area (Å²) < 4.78 is 5.27. The van der Waals surface area contributed by atoms with Crippen molar-refractivity contribution in [2.45, 2.75) is 0 Å². The molecule has 0 bridgehead atoms. The van der Waals surface area contributed by atoms with E-state index in [1.54, 1.807) is 0 Å². The van der Waals surface area contributed by atoms with E-state index in [0.717, 1.165) is 22.2 Å². The van der Waals surface area contributed by atoms with E-state index in [4.69, 9.17) is 4.74 Å². The lowest BCUT2D eigenvalue weighted by Crippen LogP contribution is -1.94. The second-order valence-corrected chi connectivity index (χ2v) is 2.32. The van der Waals surface area contributed by atoms with Gasteiger partial charge in [0.1, 0.15) is 5.75 Å². The largest absolute Gasteiger partial charge is 0.498 e. The Bertz CT molecular complexity index is 165. The summed E-state index contributed by atoms with van der Waals surface area (Å²) in [5.74, 6) is 0.979. The molecule has 0 fully saturated rings. The van der Waals surface area contributed by atoms with Crippen LogP contribution in [0.4, 0.5) is 0 Å². The highest BCUT2D eigenvalue weighted by Gasteiger charge is 1.83. The first-order chi connectivity index (χ1) is 4.43. The van der Waals surface area contributed by atoms with E-state index >= 15 is 0 Å². The number of hydrogen-bond donors (Lipinski definition) is 0. The fourth-order valence-electron chi connectivity index (χ4n) is 0.683. The van der Waals surface area contributed by atoms with E-state index in [1.165, 1.54) is 0 Å². The molecule has 2 nitrogen and oxygen atoms in total. The number of ether oxygens (including phenoxy) is 1. The summed E-state index contributed by atoms with van der Waals surface area (Å²) in [6, 6.07) is 9.88. The third-order valence-electron chi connectivity index (χ3n) is 1.05. The van der Waals surface area contributed by atoms with E-state index in [9.17, 15) is 0 Å². The minimum atomic E-state index is 0. The minimum absolute atomic E-state index is 0. The molecule has 1 aromatic carbocycles. The topological polar surface area (TPSA) is 40.7 Å². The van der Waals surface area contributed by atoms with Crippen molar-refractivity contribution in [2.24, 2.45) is 0 Å². The molecule has 56 valence electrons. The number of hydrogen-bond acceptors (Lipinski definition) is 1. The zero-order chi connectivity index (χ0) is 6.53. The molecule has 2 N–H and O–H groups in total. The molecule has 1 rings (SSSR count). The minimum Gasteiger partial charge on any atom is -0.498 e. The summed E-state index contributed by atoms with van der Waals surface area (Å²) in [7, 11) is 1.10. The first-order valence-corrected chi connectivity index (χ1v) is 4.52. The number of para-hydroxylation sites is 1. The Morgan fingerprint density at radius 2 is 1.80 bits per heavy atom. The molecule has 0 heterocycles. The zero-order valence-electron chi connectivity index (χ0n) is 6.00. The molecule has 0 saturated carbocycles. The molecule has 3 heteroatoms. The average Bonchev–Trinajstić information content (AvgIpc) is 1.91. The Labute approximate surface area is 63.6 Å². The lowest BCUT2D eigenvalue weighted by molar-refractivity contribution is 0.387. The van der Waals surface area contributed by atoms with Crippen LogP contribution in [0, 0.1) is 0 Å². The maximum absolute atomic E-state index is 5.27. The Morgan fingerprint density at radius 3 is 2.30 bits per heavy atom. The molecular formula is C7H12O2Si. The SMILES string of the molecule is O.[SiH3]COc1ccccc1. The Kier molecular flexibility index (Phi) is 4.62. The fraction of sp³-hybridized carbons (Fsp3) is 0.143. The van der Waals surface area contributed by atoms with E-state index in [0.29, 0.717) is 0 Å². The zero-order valence-corrected chi connectivity index (χ0v) is 8.00. The van der Waals surface area contributed by atoms with Crippen molar-refractivity contribution in [3.63, 3.8) is 0 Å². The van der Waals surface area contributed by atoms with Crippen LogP contribution in [0.1, 0.15) is 0 Å². The third-order valence-corrected chi connectivity index (χ3v) is 1.34. The Balaban J connectivity index is 0.000000810. The van der Waals surface area contributed by atoms with Crippen LogP contribution in [0.3, 0.4) is 0 Å². The molecule has 0 radical (unpaired) electrons. The predicted octanol–water partition coefficient (Wildman–Crippen LogP) is -0.436. The van der Waals surface area contributed by atoms with Crippen LogP contribution in [0.25, 0.3) is 0 Å². The standard InChI is InChI=1S/C7H10OSi.H2O/c9-6-8-7-4-2-1-3-5-7;/h1-5H,6H2,9H3;1H2. The van der Waals surface area contributed by atoms with Crippen molar-refractivity contribution in [3.8, 4) is 5.75 Å². The van der Waals surface area contributed by atoms with Crippen molar-refractivity contribution >= 4 is 10.2 Å². The maximum atomic E-state index is 5.27. The smallest absolute Gasteiger partial charge is 0.118 e. The summed E-state index contributed by atoms with van der Waals surface area (Å²) in [5.41, 5.74) is 0. The van der Waals surface area contributed by atoms with Gasteiger partial charge in [-0.05, 0) is 12.1 Å². The molecule has 0 aliphatic rings. The molecule has 0 amide bonds. The first-order valence-electron chi connectivity index (χ1n) is 3.11. The molecule has 0 saturated heterocycles. The van der Waals surface area contributed by atoms with Crippen LogP contribution < -0.4 is 4.74 Å². The van der Waals surface area contributed by atoms with Crippen LogP contribution >= 0.6 is 0 Å². The van der Waals surface area contributed by atoms with Gasteiger partial charge >= 0.3 is 0 Å². The van der Waals surface area contributed by atoms with Gasteiger partial charge in [-0.2, -0.15) is 0 Å². The van der Waals surface area contributed by atoms with Crippen molar-refractivity contribution in [3.05, 3.63) is 30.3 Å². The predicted molar refractivity (Wildman–Crippen MR) is 45.5 cm³/mol. The monoisotopic (exact) mass is 156 g/mol. The number of benzene rings is 1. The van der Waals surface area contributed by atoms with Gasteiger partial charge in [0.05, 0.1) is 16.5 Å². The highest BCUT2D eigenvalue weighted by molar-refractivity contribution is 6.08. The van der Waals surface area contributed by atoms with Crippen molar-refractivity contribution in [1.29, 1.82) is 0 Å². The summed E-state index contributed by atoms with van der Waals surface area (Å²) >= 11 is 0. The molecule has 10 heavy (non-hydrogen) atoms. The van der Waals surface area contributed by atoms with Gasteiger partial charge in [0, 0.05) is 0 Å². The van der Waals surface area contributed by atoms with Crippen LogP contribution in [0.5, 0.6) is 5.75 Å². The second kappa shape index (κ2) is 5.02. The van der Waals surface area contributed by atoms with Crippen LogP contribution in [0.2, 0.25) is 0 Å². The number of rotatable bonds is 2. The molecule has 0 aromatic heterocycles. The third kappa shape index (κ3) is 2.66. The summed E-state index contributed by atoms with van der Waals surface area (Å²) in [5, 5.41) is 0. The molecule has 1 aromatic rings. The molecule has 0 atom stereocenters. The average molecular weight is 156 g/mol. The van der Waals surface area contributed by atoms with Gasteiger partial charge < -0.3 is 10.2 Å². The summed E-state index contributed by atoms with van der Waals surface area (Å²) in [6.45, 7) is 0. The van der Waals surface area contributed by atoms with Gasteiger partial charge in [0.15, 0.2) is 0 Å². The van der Waals surface area contributed by atoms with E-state index in [2.05, 4.69) is 0 Å². The van der Waals surface area contributed by atoms with Crippen molar-refractivity contribution in [2.75, 3.05) is 6.23 Å². The normalized spacial score (nSPS) is 8.40. The van der Waals surface area contributed by atoms with Crippen LogP contribution in [-0.2, 0) is 0 Å². The molecule has 0 aliphatic carbocycles. The van der Waals surface area contributed by atoms with Gasteiger partial charge in [-0.25, -0.2) is 0 Å². The van der Waals surface area contributed by atoms with E-state index in [1.807, 2.05) is 30.3 Å². The lowest BCUT2D eigenvalue weighted by Gasteiger charge is -1.99. The van der Waals surface area contributed by atoms with Gasteiger partial charge in [0.25, 0.3) is 0 Å². The molecular weight excluding hydrogens is 144 g/mol. The van der Waals surface area contributed by atoms with Gasteiger partial charge in [-0.3, -0.25) is 0 Å². The fourth-order valence-corrected chi connectivity index (χ4v) is 1.02. The lowest BCUT2D eigenvalue weighted by atomic mass is 10.3. The van der Waals surface area contributed by atoms with Crippen molar-refractivity contribution in [1.82, 2.24) is 0 Å². The summed E-state index contributed by atoms with van der Waals surface area (Å²) in [4.78, 5) is 0. The summed E-state index contributed by atoms with van der Waals surface area (Å²) in [6.07, 6.45) is 0.879. The maximum Gasteiger partial charge on any atom is 0.118 e. The second-order valence-electron chi connectivity index (χ2n) is 1.75. The first kappa shape index (κ1) is 9.20. The van der Waals surface area contributed by atoms with Crippen LogP contribution in [-0.4, -0.2) is 21.9 Å². The highest BCUT2D eigenvalue weighted by atomic mass is 28.1. The molecule has 0 aliphatic heterocycles. The van der Waals surface area contributed by atoms with Gasteiger partial charge in [-0.15, -0.1) is 0 Å². The van der Waals surface area contributed by atoms with E-state index in [-0.39, 0.29) is 5.48 Å². The highest BCUT2D eigenvalue weighted by Crippen LogP contribution is 2.06. The van der Waals surface area contributed by atoms with Gasteiger partial charge in [0.2, 0.25) is 0 Å². The molecule has 0 unspecified atom stereocenters.